The van der Waals surface area contributed by atoms with Crippen LogP contribution in [-0.2, 0) is 4.79 Å². The minimum absolute atomic E-state index is 0.0125. The highest BCUT2D eigenvalue weighted by Crippen LogP contribution is 2.43. The van der Waals surface area contributed by atoms with Crippen molar-refractivity contribution in [1.29, 1.82) is 0 Å². The second kappa shape index (κ2) is 8.16. The molecule has 3 atom stereocenters. The van der Waals surface area contributed by atoms with Crippen LogP contribution in [0.15, 0.2) is 67.1 Å². The van der Waals surface area contributed by atoms with Gasteiger partial charge in [0, 0.05) is 24.9 Å². The summed E-state index contributed by atoms with van der Waals surface area (Å²) in [5.41, 5.74) is 4.76. The van der Waals surface area contributed by atoms with Gasteiger partial charge in [-0.3, -0.25) is 14.6 Å². The van der Waals surface area contributed by atoms with Crippen molar-refractivity contribution >= 4 is 11.8 Å². The Kier molecular flexibility index (Phi) is 5.19. The number of piperazine rings is 1. The molecule has 2 amide bonds. The van der Waals surface area contributed by atoms with Gasteiger partial charge in [-0.1, -0.05) is 54.1 Å². The van der Waals surface area contributed by atoms with Crippen molar-refractivity contribution in [3.05, 3.63) is 83.9 Å². The molecule has 1 aromatic heterocycles. The van der Waals surface area contributed by atoms with Crippen molar-refractivity contribution in [2.75, 3.05) is 19.7 Å². The summed E-state index contributed by atoms with van der Waals surface area (Å²) >= 11 is 0. The van der Waals surface area contributed by atoms with Gasteiger partial charge in [0.2, 0.25) is 5.91 Å². The van der Waals surface area contributed by atoms with Crippen molar-refractivity contribution < 1.29 is 14.7 Å². The average molecular weight is 428 g/mol. The van der Waals surface area contributed by atoms with Crippen LogP contribution < -0.4 is 0 Å². The van der Waals surface area contributed by atoms with Crippen molar-refractivity contribution in [3.63, 3.8) is 0 Å². The van der Waals surface area contributed by atoms with E-state index in [1.807, 2.05) is 6.07 Å². The minimum Gasteiger partial charge on any atom is -0.394 e. The molecule has 0 aliphatic carbocycles. The van der Waals surface area contributed by atoms with Crippen LogP contribution in [0.25, 0.3) is 11.1 Å². The quantitative estimate of drug-likeness (QED) is 0.689. The molecule has 2 aromatic carbocycles. The van der Waals surface area contributed by atoms with E-state index in [0.29, 0.717) is 6.54 Å². The first-order valence-corrected chi connectivity index (χ1v) is 10.7. The summed E-state index contributed by atoms with van der Waals surface area (Å²) in [7, 11) is 0. The minimum atomic E-state index is -0.299. The molecule has 2 saturated heterocycles. The normalized spacial score (nSPS) is 22.3. The molecule has 1 unspecified atom stereocenters. The standard InChI is InChI=1S/C25H24N4O3/c1-16-3-2-4-19(11-16)17-5-7-18(8-6-17)24-21-13-28(14-23(31)29(21)22(24)15-30)25(32)20-12-26-9-10-27-20/h2-12,21-22,24,30H,13-15H2,1H3/t21?,22-,24+/m1/s1. The van der Waals surface area contributed by atoms with Crippen molar-refractivity contribution in [2.45, 2.75) is 24.9 Å². The predicted molar refractivity (Wildman–Crippen MR) is 119 cm³/mol. The van der Waals surface area contributed by atoms with E-state index in [2.05, 4.69) is 59.4 Å². The number of aromatic nitrogens is 2. The number of benzene rings is 2. The Balaban J connectivity index is 1.39. The van der Waals surface area contributed by atoms with E-state index in [9.17, 15) is 14.7 Å². The van der Waals surface area contributed by atoms with Gasteiger partial charge >= 0.3 is 0 Å². The van der Waals surface area contributed by atoms with Crippen LogP contribution in [0, 0.1) is 6.92 Å². The van der Waals surface area contributed by atoms with Crippen molar-refractivity contribution in [2.24, 2.45) is 0 Å². The Bertz CT molecular complexity index is 1150. The molecule has 3 heterocycles. The third-order valence-corrected chi connectivity index (χ3v) is 6.47. The molecule has 162 valence electrons. The molecule has 2 fully saturated rings. The molecule has 2 aliphatic rings. The zero-order valence-corrected chi connectivity index (χ0v) is 17.8. The van der Waals surface area contributed by atoms with E-state index < -0.39 is 0 Å². The molecule has 0 saturated carbocycles. The van der Waals surface area contributed by atoms with Gasteiger partial charge in [0.1, 0.15) is 12.2 Å². The van der Waals surface area contributed by atoms with Gasteiger partial charge in [0.05, 0.1) is 24.9 Å². The number of rotatable bonds is 4. The Morgan fingerprint density at radius 2 is 1.94 bits per heavy atom. The highest BCUT2D eigenvalue weighted by molar-refractivity contribution is 5.96. The zero-order valence-electron chi connectivity index (χ0n) is 17.8. The van der Waals surface area contributed by atoms with Crippen LogP contribution >= 0.6 is 0 Å². The molecule has 7 heteroatoms. The van der Waals surface area contributed by atoms with Crippen molar-refractivity contribution in [1.82, 2.24) is 19.8 Å². The van der Waals surface area contributed by atoms with E-state index in [4.69, 9.17) is 0 Å². The molecule has 7 nitrogen and oxygen atoms in total. The summed E-state index contributed by atoms with van der Waals surface area (Å²) in [6.07, 6.45) is 4.39. The van der Waals surface area contributed by atoms with Crippen LogP contribution in [0.4, 0.5) is 0 Å². The highest BCUT2D eigenvalue weighted by atomic mass is 16.3. The third kappa shape index (κ3) is 3.44. The Hall–Kier alpha value is -3.58. The fraction of sp³-hybridized carbons (Fsp3) is 0.280. The summed E-state index contributed by atoms with van der Waals surface area (Å²) < 4.78 is 0. The van der Waals surface area contributed by atoms with Gasteiger partial charge in [0.15, 0.2) is 0 Å². The molecule has 0 spiro atoms. The maximum Gasteiger partial charge on any atom is 0.274 e. The van der Waals surface area contributed by atoms with Crippen LogP contribution in [0.3, 0.4) is 0 Å². The zero-order chi connectivity index (χ0) is 22.2. The monoisotopic (exact) mass is 428 g/mol. The van der Waals surface area contributed by atoms with Gasteiger partial charge in [-0.2, -0.15) is 0 Å². The number of hydrogen-bond donors (Lipinski definition) is 1. The summed E-state index contributed by atoms with van der Waals surface area (Å²) in [5.74, 6) is -0.481. The average Bonchev–Trinajstić information content (AvgIpc) is 2.81. The first-order valence-electron chi connectivity index (χ1n) is 10.7. The maximum atomic E-state index is 12.8. The number of amides is 2. The molecule has 32 heavy (non-hydrogen) atoms. The number of carbonyl (C=O) groups is 2. The summed E-state index contributed by atoms with van der Waals surface area (Å²) in [5, 5.41) is 10.00. The van der Waals surface area contributed by atoms with E-state index in [1.165, 1.54) is 29.1 Å². The van der Waals surface area contributed by atoms with E-state index in [-0.39, 0.29) is 48.7 Å². The number of nitrogens with zero attached hydrogens (tertiary/aromatic N) is 4. The second-order valence-electron chi connectivity index (χ2n) is 8.41. The van der Waals surface area contributed by atoms with Crippen LogP contribution in [0.1, 0.15) is 27.5 Å². The van der Waals surface area contributed by atoms with E-state index in [1.54, 1.807) is 4.90 Å². The Morgan fingerprint density at radius 3 is 2.62 bits per heavy atom. The topological polar surface area (TPSA) is 86.6 Å². The highest BCUT2D eigenvalue weighted by Gasteiger charge is 2.54. The molecule has 3 aromatic rings. The smallest absolute Gasteiger partial charge is 0.274 e. The first-order chi connectivity index (χ1) is 15.6. The maximum absolute atomic E-state index is 12.8. The second-order valence-corrected chi connectivity index (χ2v) is 8.41. The summed E-state index contributed by atoms with van der Waals surface area (Å²) in [6.45, 7) is 2.36. The molecule has 1 N–H and O–H groups in total. The number of aliphatic hydroxyl groups is 1. The molecule has 2 aliphatic heterocycles. The molecule has 0 radical (unpaired) electrons. The Morgan fingerprint density at radius 1 is 1.12 bits per heavy atom. The van der Waals surface area contributed by atoms with Gasteiger partial charge in [-0.05, 0) is 23.6 Å². The molecule has 5 rings (SSSR count). The fourth-order valence-corrected chi connectivity index (χ4v) is 4.95. The number of carbonyl (C=O) groups excluding carboxylic acids is 2. The van der Waals surface area contributed by atoms with Gasteiger partial charge in [-0.25, -0.2) is 4.98 Å². The van der Waals surface area contributed by atoms with E-state index >= 15 is 0 Å². The largest absolute Gasteiger partial charge is 0.394 e. The van der Waals surface area contributed by atoms with Gasteiger partial charge < -0.3 is 14.9 Å². The summed E-state index contributed by atoms with van der Waals surface area (Å²) in [6, 6.07) is 16.2. The lowest BCUT2D eigenvalue weighted by atomic mass is 9.73. The fourth-order valence-electron chi connectivity index (χ4n) is 4.95. The number of aliphatic hydroxyl groups excluding tert-OH is 1. The van der Waals surface area contributed by atoms with Gasteiger partial charge in [0.25, 0.3) is 5.91 Å². The number of hydrogen-bond acceptors (Lipinski definition) is 5. The van der Waals surface area contributed by atoms with E-state index in [0.717, 1.165) is 16.7 Å². The molecular weight excluding hydrogens is 404 g/mol. The number of fused-ring (bicyclic) bond motifs is 1. The van der Waals surface area contributed by atoms with Crippen LogP contribution in [0.5, 0.6) is 0 Å². The SMILES string of the molecule is Cc1cccc(-c2ccc([C@H]3C4CN(C(=O)c5cnccn5)CC(=O)N4[C@@H]3CO)cc2)c1. The molecular formula is C25H24N4O3. The lowest BCUT2D eigenvalue weighted by Gasteiger charge is -2.58. The third-order valence-electron chi connectivity index (χ3n) is 6.47. The number of aryl methyl sites for hydroxylation is 1. The Labute approximate surface area is 186 Å². The lowest BCUT2D eigenvalue weighted by molar-refractivity contribution is -0.159. The van der Waals surface area contributed by atoms with Crippen LogP contribution in [-0.4, -0.2) is 68.5 Å². The summed E-state index contributed by atoms with van der Waals surface area (Å²) in [4.78, 5) is 37.0. The van der Waals surface area contributed by atoms with Crippen molar-refractivity contribution in [3.8, 4) is 11.1 Å². The predicted octanol–water partition coefficient (Wildman–Crippen LogP) is 2.26. The first kappa shape index (κ1) is 20.3. The van der Waals surface area contributed by atoms with Gasteiger partial charge in [-0.15, -0.1) is 0 Å². The van der Waals surface area contributed by atoms with Crippen LogP contribution in [0.2, 0.25) is 0 Å². The molecule has 0 bridgehead atoms. The lowest BCUT2D eigenvalue weighted by Crippen LogP contribution is -2.73.